The summed E-state index contributed by atoms with van der Waals surface area (Å²) in [6, 6.07) is 9.09. The van der Waals surface area contributed by atoms with Crippen LogP contribution in [-0.4, -0.2) is 51.8 Å². The first-order chi connectivity index (χ1) is 14.2. The standard InChI is InChI=1S/C19H20N2O6S3/c22-18-7-8-19(23)21(18)14-3-5-15(6-4-14)30(26,27)20-10-9-17(16-2-1-12-28-16)29(24,25)13-11-20/h1-6,12,17H,7-11,13H2. The molecular formula is C19H20N2O6S3. The van der Waals surface area contributed by atoms with Gasteiger partial charge in [0.1, 0.15) is 0 Å². The minimum Gasteiger partial charge on any atom is -0.274 e. The van der Waals surface area contributed by atoms with Crippen molar-refractivity contribution < 1.29 is 26.4 Å². The van der Waals surface area contributed by atoms with Crippen molar-refractivity contribution in [2.24, 2.45) is 0 Å². The number of carbonyl (C=O) groups excluding carboxylic acids is 2. The molecule has 2 fully saturated rings. The number of amides is 2. The normalized spacial score (nSPS) is 22.9. The molecule has 2 aliphatic heterocycles. The van der Waals surface area contributed by atoms with Gasteiger partial charge < -0.3 is 0 Å². The van der Waals surface area contributed by atoms with Crippen molar-refractivity contribution in [2.45, 2.75) is 29.4 Å². The van der Waals surface area contributed by atoms with Gasteiger partial charge in [-0.15, -0.1) is 11.3 Å². The summed E-state index contributed by atoms with van der Waals surface area (Å²) >= 11 is 1.35. The third-order valence-electron chi connectivity index (χ3n) is 5.34. The smallest absolute Gasteiger partial charge is 0.243 e. The molecule has 160 valence electrons. The summed E-state index contributed by atoms with van der Waals surface area (Å²) in [5.41, 5.74) is 0.331. The number of thiophene rings is 1. The van der Waals surface area contributed by atoms with Crippen LogP contribution in [0.2, 0.25) is 0 Å². The van der Waals surface area contributed by atoms with Gasteiger partial charge in [0.2, 0.25) is 21.8 Å². The molecule has 1 atom stereocenters. The van der Waals surface area contributed by atoms with Crippen molar-refractivity contribution in [3.05, 3.63) is 46.7 Å². The van der Waals surface area contributed by atoms with Gasteiger partial charge in [0.15, 0.2) is 9.84 Å². The van der Waals surface area contributed by atoms with Crippen LogP contribution < -0.4 is 4.90 Å². The Morgan fingerprint density at radius 3 is 2.23 bits per heavy atom. The number of carbonyl (C=O) groups is 2. The summed E-state index contributed by atoms with van der Waals surface area (Å²) in [5.74, 6) is -0.871. The van der Waals surface area contributed by atoms with Gasteiger partial charge in [0, 0.05) is 30.8 Å². The first kappa shape index (κ1) is 21.2. The molecule has 0 spiro atoms. The monoisotopic (exact) mass is 468 g/mol. The molecule has 4 rings (SSSR count). The van der Waals surface area contributed by atoms with Gasteiger partial charge in [-0.2, -0.15) is 4.31 Å². The number of hydrogen-bond donors (Lipinski definition) is 0. The maximum atomic E-state index is 13.1. The Morgan fingerprint density at radius 2 is 1.63 bits per heavy atom. The lowest BCUT2D eigenvalue weighted by atomic mass is 10.2. The summed E-state index contributed by atoms with van der Waals surface area (Å²) in [7, 11) is -7.38. The van der Waals surface area contributed by atoms with Gasteiger partial charge in [-0.05, 0) is 42.1 Å². The quantitative estimate of drug-likeness (QED) is 0.635. The van der Waals surface area contributed by atoms with Crippen molar-refractivity contribution in [1.29, 1.82) is 0 Å². The molecule has 1 aromatic carbocycles. The van der Waals surface area contributed by atoms with Crippen LogP contribution in [0.5, 0.6) is 0 Å². The number of sulfone groups is 1. The molecule has 2 saturated heterocycles. The highest BCUT2D eigenvalue weighted by atomic mass is 32.2. The van der Waals surface area contributed by atoms with E-state index in [0.29, 0.717) is 5.69 Å². The number of benzene rings is 1. The van der Waals surface area contributed by atoms with Gasteiger partial charge in [-0.25, -0.2) is 16.8 Å². The van der Waals surface area contributed by atoms with E-state index in [1.807, 2.05) is 5.38 Å². The maximum Gasteiger partial charge on any atom is 0.243 e. The van der Waals surface area contributed by atoms with E-state index in [-0.39, 0.29) is 54.8 Å². The lowest BCUT2D eigenvalue weighted by Crippen LogP contribution is -2.33. The predicted octanol–water partition coefficient (Wildman–Crippen LogP) is 1.95. The van der Waals surface area contributed by atoms with Crippen LogP contribution >= 0.6 is 11.3 Å². The van der Waals surface area contributed by atoms with Crippen LogP contribution in [-0.2, 0) is 29.4 Å². The SMILES string of the molecule is O=C1CCC(=O)N1c1ccc(S(=O)(=O)N2CCC(c3cccs3)S(=O)(=O)CC2)cc1. The van der Waals surface area contributed by atoms with E-state index in [1.54, 1.807) is 12.1 Å². The molecule has 30 heavy (non-hydrogen) atoms. The average molecular weight is 469 g/mol. The van der Waals surface area contributed by atoms with Crippen molar-refractivity contribution in [2.75, 3.05) is 23.7 Å². The Hall–Kier alpha value is -2.08. The third-order valence-corrected chi connectivity index (χ3v) is 10.5. The van der Waals surface area contributed by atoms with E-state index >= 15 is 0 Å². The Morgan fingerprint density at radius 1 is 0.967 bits per heavy atom. The average Bonchev–Trinajstić information content (AvgIpc) is 3.30. The van der Waals surface area contributed by atoms with Crippen LogP contribution in [0, 0.1) is 0 Å². The topological polar surface area (TPSA) is 109 Å². The highest BCUT2D eigenvalue weighted by Crippen LogP contribution is 2.34. The summed E-state index contributed by atoms with van der Waals surface area (Å²) in [4.78, 5) is 25.5. The zero-order valence-corrected chi connectivity index (χ0v) is 18.4. The molecular weight excluding hydrogens is 448 g/mol. The minimum absolute atomic E-state index is 0.00248. The molecule has 0 saturated carbocycles. The number of nitrogens with zero attached hydrogens (tertiary/aromatic N) is 2. The van der Waals surface area contributed by atoms with Crippen LogP contribution in [0.1, 0.15) is 29.4 Å². The Bertz CT molecular complexity index is 1160. The van der Waals surface area contributed by atoms with Gasteiger partial charge >= 0.3 is 0 Å². The molecule has 2 amide bonds. The van der Waals surface area contributed by atoms with E-state index in [4.69, 9.17) is 0 Å². The molecule has 0 radical (unpaired) electrons. The van der Waals surface area contributed by atoms with Crippen LogP contribution in [0.25, 0.3) is 0 Å². The lowest BCUT2D eigenvalue weighted by Gasteiger charge is -2.20. The second kappa shape index (κ2) is 7.88. The first-order valence-corrected chi connectivity index (χ1v) is 13.4. The van der Waals surface area contributed by atoms with Crippen LogP contribution in [0.3, 0.4) is 0 Å². The van der Waals surface area contributed by atoms with E-state index in [0.717, 1.165) is 9.78 Å². The van der Waals surface area contributed by atoms with Gasteiger partial charge in [-0.1, -0.05) is 6.07 Å². The van der Waals surface area contributed by atoms with Gasteiger partial charge in [-0.3, -0.25) is 14.5 Å². The van der Waals surface area contributed by atoms with Gasteiger partial charge in [0.05, 0.1) is 21.6 Å². The first-order valence-electron chi connectivity index (χ1n) is 9.41. The Kier molecular flexibility index (Phi) is 5.56. The molecule has 2 aliphatic rings. The van der Waals surface area contributed by atoms with E-state index < -0.39 is 25.1 Å². The summed E-state index contributed by atoms with van der Waals surface area (Å²) < 4.78 is 52.7. The molecule has 2 aromatic rings. The fourth-order valence-corrected chi connectivity index (χ4v) is 8.31. The number of sulfonamides is 1. The fraction of sp³-hybridized carbons (Fsp3) is 0.368. The number of rotatable bonds is 4. The minimum atomic E-state index is -3.91. The third kappa shape index (κ3) is 3.82. The zero-order valence-electron chi connectivity index (χ0n) is 15.9. The number of imide groups is 1. The maximum absolute atomic E-state index is 13.1. The molecule has 0 bridgehead atoms. The second-order valence-electron chi connectivity index (χ2n) is 7.18. The van der Waals surface area contributed by atoms with Crippen LogP contribution in [0.15, 0.2) is 46.7 Å². The van der Waals surface area contributed by atoms with E-state index in [9.17, 15) is 26.4 Å². The second-order valence-corrected chi connectivity index (χ2v) is 12.4. The molecule has 0 aliphatic carbocycles. The zero-order chi connectivity index (χ0) is 21.5. The molecule has 11 heteroatoms. The summed E-state index contributed by atoms with van der Waals surface area (Å²) in [6.45, 7) is -0.0215. The Labute approximate surface area is 179 Å². The molecule has 1 aromatic heterocycles. The highest BCUT2D eigenvalue weighted by Gasteiger charge is 2.36. The number of hydrogen-bond acceptors (Lipinski definition) is 7. The summed E-state index contributed by atoms with van der Waals surface area (Å²) in [5, 5.41) is 1.11. The van der Waals surface area contributed by atoms with Gasteiger partial charge in [0.25, 0.3) is 0 Å². The van der Waals surface area contributed by atoms with Crippen molar-refractivity contribution in [1.82, 2.24) is 4.31 Å². The van der Waals surface area contributed by atoms with E-state index in [1.165, 1.54) is 39.9 Å². The van der Waals surface area contributed by atoms with Crippen LogP contribution in [0.4, 0.5) is 5.69 Å². The van der Waals surface area contributed by atoms with E-state index in [2.05, 4.69) is 0 Å². The fourth-order valence-electron chi connectivity index (χ4n) is 3.74. The predicted molar refractivity (Wildman–Crippen MR) is 112 cm³/mol. The Balaban J connectivity index is 1.56. The largest absolute Gasteiger partial charge is 0.274 e. The van der Waals surface area contributed by atoms with Crippen molar-refractivity contribution >= 4 is 48.7 Å². The molecule has 3 heterocycles. The lowest BCUT2D eigenvalue weighted by molar-refractivity contribution is -0.121. The van der Waals surface area contributed by atoms with Crippen molar-refractivity contribution in [3.63, 3.8) is 0 Å². The molecule has 8 nitrogen and oxygen atoms in total. The molecule has 0 N–H and O–H groups in total. The van der Waals surface area contributed by atoms with Crippen molar-refractivity contribution in [3.8, 4) is 0 Å². The summed E-state index contributed by atoms with van der Waals surface area (Å²) in [6.07, 6.45) is 0.482. The molecule has 1 unspecified atom stereocenters. The number of anilines is 1. The highest BCUT2D eigenvalue weighted by molar-refractivity contribution is 7.92.